The maximum Gasteiger partial charge on any atom is 0.198 e. The number of carbonyl (C=O) groups is 2. The van der Waals surface area contributed by atoms with E-state index in [9.17, 15) is 19.8 Å². The molecule has 0 radical (unpaired) electrons. The number of hydrogen-bond acceptors (Lipinski definition) is 6. The second kappa shape index (κ2) is 5.98. The van der Waals surface area contributed by atoms with Crippen molar-refractivity contribution in [3.05, 3.63) is 58.1 Å². The predicted octanol–water partition coefficient (Wildman–Crippen LogP) is 1.71. The zero-order valence-corrected chi connectivity index (χ0v) is 13.5. The fourth-order valence-corrected chi connectivity index (χ4v) is 3.43. The van der Waals surface area contributed by atoms with Crippen LogP contribution < -0.4 is 0 Å². The average molecular weight is 339 g/mol. The molecule has 6 nitrogen and oxygen atoms in total. The second-order valence-corrected chi connectivity index (χ2v) is 6.25. The van der Waals surface area contributed by atoms with Gasteiger partial charge >= 0.3 is 0 Å². The van der Waals surface area contributed by atoms with E-state index in [-0.39, 0.29) is 33.8 Å². The second-order valence-electron chi connectivity index (χ2n) is 6.25. The van der Waals surface area contributed by atoms with Crippen molar-refractivity contribution in [2.45, 2.75) is 6.54 Å². The van der Waals surface area contributed by atoms with Gasteiger partial charge in [-0.1, -0.05) is 24.3 Å². The summed E-state index contributed by atoms with van der Waals surface area (Å²) in [6.45, 7) is 2.98. The van der Waals surface area contributed by atoms with Gasteiger partial charge in [-0.25, -0.2) is 0 Å². The molecule has 1 fully saturated rings. The quantitative estimate of drug-likeness (QED) is 0.691. The number of carbonyl (C=O) groups excluding carboxylic acids is 2. The van der Waals surface area contributed by atoms with E-state index in [2.05, 4.69) is 4.90 Å². The topological polar surface area (TPSA) is 87.1 Å². The van der Waals surface area contributed by atoms with E-state index in [4.69, 9.17) is 4.74 Å². The van der Waals surface area contributed by atoms with Crippen LogP contribution in [0.15, 0.2) is 30.3 Å². The first kappa shape index (κ1) is 15.8. The van der Waals surface area contributed by atoms with E-state index in [1.165, 1.54) is 6.07 Å². The first-order chi connectivity index (χ1) is 12.1. The Balaban J connectivity index is 1.81. The summed E-state index contributed by atoms with van der Waals surface area (Å²) in [5.41, 5.74) is 0.700. The third-order valence-corrected chi connectivity index (χ3v) is 4.73. The summed E-state index contributed by atoms with van der Waals surface area (Å²) >= 11 is 0. The number of ether oxygens (including phenoxy) is 1. The lowest BCUT2D eigenvalue weighted by atomic mass is 9.82. The Kier molecular flexibility index (Phi) is 3.78. The number of phenolic OH excluding ortho intramolecular Hbond substituents is 2. The van der Waals surface area contributed by atoms with Gasteiger partial charge in [0, 0.05) is 36.3 Å². The number of aromatic hydroxyl groups is 2. The van der Waals surface area contributed by atoms with Crippen molar-refractivity contribution < 1.29 is 24.5 Å². The number of benzene rings is 2. The number of nitrogens with zero attached hydrogens (tertiary/aromatic N) is 1. The number of ketones is 2. The number of phenols is 2. The number of fused-ring (bicyclic) bond motifs is 2. The highest BCUT2D eigenvalue weighted by molar-refractivity contribution is 6.30. The molecule has 0 saturated carbocycles. The molecule has 0 bridgehead atoms. The molecule has 2 aromatic carbocycles. The summed E-state index contributed by atoms with van der Waals surface area (Å²) in [4.78, 5) is 27.6. The summed E-state index contributed by atoms with van der Waals surface area (Å²) in [6, 6.07) is 7.82. The summed E-state index contributed by atoms with van der Waals surface area (Å²) in [5, 5.41) is 21.0. The molecule has 1 heterocycles. The summed E-state index contributed by atoms with van der Waals surface area (Å²) in [7, 11) is 0. The zero-order valence-electron chi connectivity index (χ0n) is 13.5. The molecule has 0 aromatic heterocycles. The Hall–Kier alpha value is -2.70. The van der Waals surface area contributed by atoms with Gasteiger partial charge in [0.05, 0.1) is 24.3 Å². The van der Waals surface area contributed by atoms with Crippen LogP contribution in [0.2, 0.25) is 0 Å². The summed E-state index contributed by atoms with van der Waals surface area (Å²) < 4.78 is 5.30. The van der Waals surface area contributed by atoms with Crippen LogP contribution in [0.25, 0.3) is 0 Å². The van der Waals surface area contributed by atoms with Crippen LogP contribution in [-0.2, 0) is 11.3 Å². The molecule has 0 amide bonds. The van der Waals surface area contributed by atoms with Gasteiger partial charge in [0.2, 0.25) is 0 Å². The molecule has 1 aliphatic heterocycles. The van der Waals surface area contributed by atoms with Crippen molar-refractivity contribution in [2.75, 3.05) is 26.3 Å². The molecular formula is C19H17NO5. The van der Waals surface area contributed by atoms with Gasteiger partial charge in [-0.15, -0.1) is 0 Å². The molecule has 6 heteroatoms. The Morgan fingerprint density at radius 2 is 1.56 bits per heavy atom. The SMILES string of the molecule is O=C1c2ccccc2C(=O)c2c(O)c(CN3CCOCC3)cc(O)c21. The van der Waals surface area contributed by atoms with Gasteiger partial charge in [-0.2, -0.15) is 0 Å². The lowest BCUT2D eigenvalue weighted by Crippen LogP contribution is -2.35. The third kappa shape index (κ3) is 2.50. The minimum Gasteiger partial charge on any atom is -0.507 e. The zero-order chi connectivity index (χ0) is 17.6. The van der Waals surface area contributed by atoms with Crippen LogP contribution in [-0.4, -0.2) is 53.0 Å². The molecule has 2 aliphatic rings. The highest BCUT2D eigenvalue weighted by atomic mass is 16.5. The fraction of sp³-hybridized carbons (Fsp3) is 0.263. The van der Waals surface area contributed by atoms with Gasteiger partial charge in [0.15, 0.2) is 11.6 Å². The fourth-order valence-electron chi connectivity index (χ4n) is 3.43. The van der Waals surface area contributed by atoms with E-state index in [1.54, 1.807) is 24.3 Å². The average Bonchev–Trinajstić information content (AvgIpc) is 2.63. The van der Waals surface area contributed by atoms with Crippen LogP contribution in [0.3, 0.4) is 0 Å². The Morgan fingerprint density at radius 1 is 0.960 bits per heavy atom. The number of hydrogen-bond donors (Lipinski definition) is 2. The minimum absolute atomic E-state index is 0.105. The normalized spacial score (nSPS) is 17.3. The Morgan fingerprint density at radius 3 is 2.20 bits per heavy atom. The van der Waals surface area contributed by atoms with Crippen molar-refractivity contribution >= 4 is 11.6 Å². The summed E-state index contributed by atoms with van der Waals surface area (Å²) in [6.07, 6.45) is 0. The Bertz CT molecular complexity index is 884. The number of morpholine rings is 1. The molecule has 2 aromatic rings. The van der Waals surface area contributed by atoms with Crippen LogP contribution in [0, 0.1) is 0 Å². The molecule has 0 atom stereocenters. The van der Waals surface area contributed by atoms with Crippen molar-refractivity contribution in [2.24, 2.45) is 0 Å². The van der Waals surface area contributed by atoms with E-state index >= 15 is 0 Å². The lowest BCUT2D eigenvalue weighted by Gasteiger charge is -2.28. The van der Waals surface area contributed by atoms with Crippen molar-refractivity contribution in [3.63, 3.8) is 0 Å². The highest BCUT2D eigenvalue weighted by Crippen LogP contribution is 2.40. The minimum atomic E-state index is -0.448. The first-order valence-electron chi connectivity index (χ1n) is 8.14. The molecule has 1 saturated heterocycles. The predicted molar refractivity (Wildman–Crippen MR) is 89.2 cm³/mol. The molecule has 0 unspecified atom stereocenters. The molecular weight excluding hydrogens is 322 g/mol. The van der Waals surface area contributed by atoms with Crippen molar-refractivity contribution in [3.8, 4) is 11.5 Å². The first-order valence-corrected chi connectivity index (χ1v) is 8.14. The van der Waals surface area contributed by atoms with E-state index in [0.29, 0.717) is 38.4 Å². The van der Waals surface area contributed by atoms with E-state index < -0.39 is 11.6 Å². The molecule has 4 rings (SSSR count). The molecule has 1 aliphatic carbocycles. The monoisotopic (exact) mass is 339 g/mol. The molecule has 128 valence electrons. The standard InChI is InChI=1S/C19H17NO5/c21-14-9-11(10-20-5-7-25-8-6-20)17(22)16-15(14)18(23)12-3-1-2-4-13(12)19(16)24/h1-4,9,21-22H,5-8,10H2. The van der Waals surface area contributed by atoms with Crippen LogP contribution in [0.4, 0.5) is 0 Å². The van der Waals surface area contributed by atoms with E-state index in [1.807, 2.05) is 0 Å². The molecule has 0 spiro atoms. The van der Waals surface area contributed by atoms with Gasteiger partial charge < -0.3 is 14.9 Å². The van der Waals surface area contributed by atoms with E-state index in [0.717, 1.165) is 0 Å². The van der Waals surface area contributed by atoms with Crippen LogP contribution >= 0.6 is 0 Å². The third-order valence-electron chi connectivity index (χ3n) is 4.73. The van der Waals surface area contributed by atoms with Crippen molar-refractivity contribution in [1.82, 2.24) is 4.90 Å². The van der Waals surface area contributed by atoms with Gasteiger partial charge in [0.1, 0.15) is 11.5 Å². The smallest absolute Gasteiger partial charge is 0.198 e. The molecule has 25 heavy (non-hydrogen) atoms. The maximum atomic E-state index is 12.8. The largest absolute Gasteiger partial charge is 0.507 e. The summed E-state index contributed by atoms with van der Waals surface area (Å²) in [5.74, 6) is -1.39. The highest BCUT2D eigenvalue weighted by Gasteiger charge is 2.35. The van der Waals surface area contributed by atoms with Gasteiger partial charge in [-0.05, 0) is 6.07 Å². The molecule has 2 N–H and O–H groups in total. The maximum absolute atomic E-state index is 12.8. The van der Waals surface area contributed by atoms with Gasteiger partial charge in [0.25, 0.3) is 0 Å². The van der Waals surface area contributed by atoms with Crippen LogP contribution in [0.5, 0.6) is 11.5 Å². The van der Waals surface area contributed by atoms with Gasteiger partial charge in [-0.3, -0.25) is 14.5 Å². The Labute approximate surface area is 144 Å². The van der Waals surface area contributed by atoms with Crippen LogP contribution in [0.1, 0.15) is 37.4 Å². The van der Waals surface area contributed by atoms with Crippen molar-refractivity contribution in [1.29, 1.82) is 0 Å². The lowest BCUT2D eigenvalue weighted by molar-refractivity contribution is 0.0338. The number of rotatable bonds is 2.